The first kappa shape index (κ1) is 18.6. The van der Waals surface area contributed by atoms with Gasteiger partial charge in [0.05, 0.1) is 11.2 Å². The first-order valence-corrected chi connectivity index (χ1v) is 11.8. The summed E-state index contributed by atoms with van der Waals surface area (Å²) in [5.74, 6) is 2.57. The average molecular weight is 461 g/mol. The lowest BCUT2D eigenvalue weighted by Gasteiger charge is -2.56. The summed E-state index contributed by atoms with van der Waals surface area (Å²) in [6.07, 6.45) is 8.19. The molecule has 0 spiro atoms. The molecular weight excluding hydrogens is 436 g/mol. The molecule has 1 N–H and O–H groups in total. The second-order valence-corrected chi connectivity index (χ2v) is 10.6. The summed E-state index contributed by atoms with van der Waals surface area (Å²) in [5.41, 5.74) is 3.86. The summed E-state index contributed by atoms with van der Waals surface area (Å²) < 4.78 is 0.964. The van der Waals surface area contributed by atoms with Gasteiger partial charge in [-0.3, -0.25) is 9.78 Å². The lowest BCUT2D eigenvalue weighted by molar-refractivity contribution is -0.00705. The maximum absolute atomic E-state index is 12.8. The van der Waals surface area contributed by atoms with E-state index in [-0.39, 0.29) is 11.3 Å². The monoisotopic (exact) mass is 460 g/mol. The maximum atomic E-state index is 12.8. The highest BCUT2D eigenvalue weighted by Crippen LogP contribution is 2.60. The molecule has 3 aromatic rings. The number of aromatic nitrogens is 1. The van der Waals surface area contributed by atoms with Gasteiger partial charge in [-0.05, 0) is 92.7 Å². The molecule has 1 heterocycles. The minimum Gasteiger partial charge on any atom is -0.320 e. The van der Waals surface area contributed by atoms with Gasteiger partial charge in [-0.25, -0.2) is 0 Å². The van der Waals surface area contributed by atoms with E-state index in [1.807, 2.05) is 36.4 Å². The highest BCUT2D eigenvalue weighted by molar-refractivity contribution is 9.10. The van der Waals surface area contributed by atoms with E-state index in [0.29, 0.717) is 5.56 Å². The minimum atomic E-state index is -0.1000. The summed E-state index contributed by atoms with van der Waals surface area (Å²) in [6.45, 7) is 0. The number of fused-ring (bicyclic) bond motifs is 1. The second-order valence-electron chi connectivity index (χ2n) is 9.73. The Morgan fingerprint density at radius 3 is 2.23 bits per heavy atom. The van der Waals surface area contributed by atoms with E-state index < -0.39 is 0 Å². The smallest absolute Gasteiger partial charge is 0.255 e. The van der Waals surface area contributed by atoms with Crippen molar-refractivity contribution >= 4 is 38.4 Å². The zero-order valence-corrected chi connectivity index (χ0v) is 18.5. The van der Waals surface area contributed by atoms with E-state index in [9.17, 15) is 4.79 Å². The van der Waals surface area contributed by atoms with Crippen LogP contribution in [0.2, 0.25) is 0 Å². The highest BCUT2D eigenvalue weighted by Gasteiger charge is 2.52. The molecule has 4 fully saturated rings. The lowest BCUT2D eigenvalue weighted by Crippen LogP contribution is -2.48. The molecule has 0 atom stereocenters. The van der Waals surface area contributed by atoms with Crippen LogP contribution in [0.15, 0.2) is 59.1 Å². The van der Waals surface area contributed by atoms with Crippen molar-refractivity contribution in [3.8, 4) is 0 Å². The number of nitrogens with zero attached hydrogens (tertiary/aromatic N) is 1. The molecule has 4 aliphatic rings. The lowest BCUT2D eigenvalue weighted by atomic mass is 9.49. The molecule has 1 amide bonds. The first-order valence-electron chi connectivity index (χ1n) is 11.1. The molecule has 3 nitrogen and oxygen atoms in total. The molecule has 30 heavy (non-hydrogen) atoms. The topological polar surface area (TPSA) is 42.0 Å². The average Bonchev–Trinajstić information content (AvgIpc) is 2.73. The summed E-state index contributed by atoms with van der Waals surface area (Å²) in [5, 5.41) is 4.19. The van der Waals surface area contributed by atoms with Crippen LogP contribution in [0.4, 0.5) is 5.69 Å². The van der Waals surface area contributed by atoms with E-state index in [0.717, 1.165) is 38.8 Å². The van der Waals surface area contributed by atoms with Crippen LogP contribution in [0, 0.1) is 17.8 Å². The van der Waals surface area contributed by atoms with Gasteiger partial charge in [-0.1, -0.05) is 34.1 Å². The number of amides is 1. The Hall–Kier alpha value is -2.20. The van der Waals surface area contributed by atoms with Crippen molar-refractivity contribution in [3.05, 3.63) is 70.3 Å². The molecule has 0 unspecified atom stereocenters. The molecule has 1 aromatic heterocycles. The molecule has 0 aliphatic heterocycles. The number of nitrogens with one attached hydrogen (secondary N) is 1. The highest BCUT2D eigenvalue weighted by atomic mass is 79.9. The third kappa shape index (κ3) is 3.08. The van der Waals surface area contributed by atoms with Crippen molar-refractivity contribution in [1.82, 2.24) is 4.98 Å². The molecular formula is C26H25BrN2O. The number of rotatable bonds is 3. The van der Waals surface area contributed by atoms with Crippen LogP contribution in [-0.2, 0) is 5.41 Å². The molecule has 152 valence electrons. The Balaban J connectivity index is 1.37. The largest absolute Gasteiger partial charge is 0.320 e. The van der Waals surface area contributed by atoms with Gasteiger partial charge in [0.15, 0.2) is 0 Å². The molecule has 0 saturated heterocycles. The van der Waals surface area contributed by atoms with Crippen LogP contribution in [0.1, 0.15) is 54.6 Å². The second kappa shape index (κ2) is 6.91. The van der Waals surface area contributed by atoms with Crippen LogP contribution in [0.3, 0.4) is 0 Å². The van der Waals surface area contributed by atoms with E-state index in [1.54, 1.807) is 0 Å². The summed E-state index contributed by atoms with van der Waals surface area (Å²) in [4.78, 5) is 18.0. The Kier molecular flexibility index (Phi) is 4.28. The van der Waals surface area contributed by atoms with Crippen LogP contribution in [-0.4, -0.2) is 10.9 Å². The standard InChI is InChI=1S/C26H25BrN2O/c27-21-7-4-20(5-8-21)25(30)28-22-3-1-2-19-6-9-23(29-24(19)22)26-13-16-10-17(14-26)12-18(11-16)15-26/h1-9,16-18H,10-15H2,(H,28,30). The van der Waals surface area contributed by atoms with Crippen LogP contribution < -0.4 is 5.32 Å². The van der Waals surface area contributed by atoms with Gasteiger partial charge in [0, 0.05) is 26.5 Å². The SMILES string of the molecule is O=C(Nc1cccc2ccc(C34CC5CC(CC(C5)C3)C4)nc12)c1ccc(Br)cc1. The summed E-state index contributed by atoms with van der Waals surface area (Å²) in [6, 6.07) is 17.9. The van der Waals surface area contributed by atoms with Crippen molar-refractivity contribution in [1.29, 1.82) is 0 Å². The fraction of sp³-hybridized carbons (Fsp3) is 0.385. The number of carbonyl (C=O) groups excluding carboxylic acids is 1. The Morgan fingerprint density at radius 1 is 0.900 bits per heavy atom. The van der Waals surface area contributed by atoms with Gasteiger partial charge >= 0.3 is 0 Å². The number of pyridine rings is 1. The Labute approximate surface area is 185 Å². The normalized spacial score (nSPS) is 29.3. The van der Waals surface area contributed by atoms with E-state index in [1.165, 1.54) is 44.2 Å². The number of carbonyl (C=O) groups is 1. The zero-order valence-electron chi connectivity index (χ0n) is 16.9. The molecule has 7 rings (SSSR count). The van der Waals surface area contributed by atoms with Gasteiger partial charge in [0.2, 0.25) is 0 Å². The van der Waals surface area contributed by atoms with Crippen molar-refractivity contribution in [2.24, 2.45) is 17.8 Å². The molecule has 4 saturated carbocycles. The molecule has 4 aliphatic carbocycles. The van der Waals surface area contributed by atoms with E-state index >= 15 is 0 Å². The molecule has 0 radical (unpaired) electrons. The summed E-state index contributed by atoms with van der Waals surface area (Å²) in [7, 11) is 0. The van der Waals surface area contributed by atoms with Crippen LogP contribution >= 0.6 is 15.9 Å². The number of hydrogen-bond donors (Lipinski definition) is 1. The third-order valence-corrected chi connectivity index (χ3v) is 8.19. The van der Waals surface area contributed by atoms with Crippen molar-refractivity contribution in [2.45, 2.75) is 43.9 Å². The first-order chi connectivity index (χ1) is 14.6. The van der Waals surface area contributed by atoms with Gasteiger partial charge in [-0.2, -0.15) is 0 Å². The zero-order chi connectivity index (χ0) is 20.3. The number of anilines is 1. The van der Waals surface area contributed by atoms with Crippen molar-refractivity contribution in [2.75, 3.05) is 5.32 Å². The third-order valence-electron chi connectivity index (χ3n) is 7.66. The fourth-order valence-electron chi connectivity index (χ4n) is 6.76. The molecule has 4 heteroatoms. The van der Waals surface area contributed by atoms with Crippen LogP contribution in [0.25, 0.3) is 10.9 Å². The predicted molar refractivity (Wildman–Crippen MR) is 124 cm³/mol. The quantitative estimate of drug-likeness (QED) is 0.471. The Morgan fingerprint density at radius 2 is 1.57 bits per heavy atom. The van der Waals surface area contributed by atoms with Crippen LogP contribution in [0.5, 0.6) is 0 Å². The van der Waals surface area contributed by atoms with Gasteiger partial charge in [0.25, 0.3) is 5.91 Å². The maximum Gasteiger partial charge on any atom is 0.255 e. The van der Waals surface area contributed by atoms with Crippen molar-refractivity contribution < 1.29 is 4.79 Å². The van der Waals surface area contributed by atoms with E-state index in [4.69, 9.17) is 4.98 Å². The summed E-state index contributed by atoms with van der Waals surface area (Å²) >= 11 is 3.43. The molecule has 2 aromatic carbocycles. The van der Waals surface area contributed by atoms with Crippen molar-refractivity contribution in [3.63, 3.8) is 0 Å². The minimum absolute atomic E-state index is 0.1000. The van der Waals surface area contributed by atoms with Gasteiger partial charge in [0.1, 0.15) is 0 Å². The fourth-order valence-corrected chi connectivity index (χ4v) is 7.03. The number of para-hydroxylation sites is 1. The number of hydrogen-bond acceptors (Lipinski definition) is 2. The Bertz CT molecular complexity index is 1100. The van der Waals surface area contributed by atoms with E-state index in [2.05, 4.69) is 39.4 Å². The number of benzene rings is 2. The number of halogens is 1. The van der Waals surface area contributed by atoms with Gasteiger partial charge in [-0.15, -0.1) is 0 Å². The van der Waals surface area contributed by atoms with Gasteiger partial charge < -0.3 is 5.32 Å². The molecule has 4 bridgehead atoms. The predicted octanol–water partition coefficient (Wildman–Crippen LogP) is 6.72.